The van der Waals surface area contributed by atoms with E-state index in [0.717, 1.165) is 30.1 Å². The van der Waals surface area contributed by atoms with E-state index in [2.05, 4.69) is 43.3 Å². The summed E-state index contributed by atoms with van der Waals surface area (Å²) in [6.45, 7) is 2.27. The number of hydrogen-bond donors (Lipinski definition) is 0. The molecule has 0 saturated heterocycles. The van der Waals surface area contributed by atoms with Crippen LogP contribution in [-0.4, -0.2) is 0 Å². The third-order valence-corrected chi connectivity index (χ3v) is 8.55. The highest BCUT2D eigenvalue weighted by Crippen LogP contribution is 2.43. The monoisotopic (exact) mass is 433 g/mol. The summed E-state index contributed by atoms with van der Waals surface area (Å²) >= 11 is 0. The molecule has 0 aromatic heterocycles. The van der Waals surface area contributed by atoms with Crippen LogP contribution in [0.1, 0.15) is 114 Å². The number of rotatable bonds is 12. The molecule has 2 fully saturated rings. The molecule has 1 aromatic rings. The number of benzene rings is 1. The molecule has 32 heavy (non-hydrogen) atoms. The second kappa shape index (κ2) is 14.6. The van der Waals surface area contributed by atoms with Crippen molar-refractivity contribution in [2.24, 2.45) is 23.7 Å². The average Bonchev–Trinajstić information content (AvgIpc) is 2.85. The van der Waals surface area contributed by atoms with Crippen molar-refractivity contribution < 1.29 is 0 Å². The van der Waals surface area contributed by atoms with Crippen LogP contribution in [0.25, 0.3) is 0 Å². The first-order chi connectivity index (χ1) is 15.8. The Morgan fingerprint density at radius 1 is 0.750 bits per heavy atom. The van der Waals surface area contributed by atoms with Crippen molar-refractivity contribution in [2.75, 3.05) is 0 Å². The van der Waals surface area contributed by atoms with E-state index in [1.54, 1.807) is 6.08 Å². The Hall–Kier alpha value is -1.55. The van der Waals surface area contributed by atoms with Gasteiger partial charge in [-0.3, -0.25) is 0 Å². The standard InChI is InChI=1S/C31H47N/c1-2-3-9-26-13-15-27(16-14-26)11-6-7-12-29-19-23-31(24-20-29)30-21-17-28(18-22-30)10-5-4-8-25-32/h4,8,13-16,28-31H,2-3,5-7,9-12,17-24H2,1H3/b8-4+/t28?,29-,30?,31-. The molecular formula is C31H47N. The van der Waals surface area contributed by atoms with Crippen molar-refractivity contribution in [1.29, 1.82) is 5.26 Å². The predicted molar refractivity (Wildman–Crippen MR) is 137 cm³/mol. The van der Waals surface area contributed by atoms with Crippen molar-refractivity contribution in [2.45, 2.75) is 116 Å². The lowest BCUT2D eigenvalue weighted by Crippen LogP contribution is -2.25. The molecule has 2 saturated carbocycles. The second-order valence-electron chi connectivity index (χ2n) is 10.8. The van der Waals surface area contributed by atoms with E-state index in [1.165, 1.54) is 114 Å². The summed E-state index contributed by atoms with van der Waals surface area (Å²) in [5.74, 6) is 3.96. The van der Waals surface area contributed by atoms with E-state index < -0.39 is 0 Å². The van der Waals surface area contributed by atoms with Crippen LogP contribution in [-0.2, 0) is 12.8 Å². The molecule has 0 bridgehead atoms. The van der Waals surface area contributed by atoms with Crippen LogP contribution >= 0.6 is 0 Å². The molecule has 0 spiro atoms. The van der Waals surface area contributed by atoms with Gasteiger partial charge in [-0.25, -0.2) is 0 Å². The lowest BCUT2D eigenvalue weighted by atomic mass is 9.68. The summed E-state index contributed by atoms with van der Waals surface area (Å²) in [6.07, 6.45) is 27.2. The SMILES string of the molecule is CCCCc1ccc(CCCC[C@H]2CC[C@H](C3CCC(CC/C=C/C#N)CC3)CC2)cc1. The fourth-order valence-corrected chi connectivity index (χ4v) is 6.38. The zero-order chi connectivity index (χ0) is 22.4. The highest BCUT2D eigenvalue weighted by Gasteiger charge is 2.30. The zero-order valence-electron chi connectivity index (χ0n) is 20.7. The first-order valence-corrected chi connectivity index (χ1v) is 13.9. The molecule has 0 atom stereocenters. The maximum absolute atomic E-state index is 8.60. The molecule has 0 N–H and O–H groups in total. The number of aryl methyl sites for hydroxylation is 2. The van der Waals surface area contributed by atoms with Crippen molar-refractivity contribution in [3.05, 3.63) is 47.5 Å². The van der Waals surface area contributed by atoms with Gasteiger partial charge in [-0.1, -0.05) is 82.2 Å². The first-order valence-electron chi connectivity index (χ1n) is 13.9. The fourth-order valence-electron chi connectivity index (χ4n) is 6.38. The molecule has 2 aliphatic carbocycles. The molecule has 0 aliphatic heterocycles. The minimum absolute atomic E-state index is 0.915. The molecule has 176 valence electrons. The minimum atomic E-state index is 0.915. The Labute approximate surface area is 198 Å². The smallest absolute Gasteiger partial charge is 0.0908 e. The van der Waals surface area contributed by atoms with Crippen LogP contribution in [0.2, 0.25) is 0 Å². The Bertz CT molecular complexity index is 678. The molecule has 1 nitrogen and oxygen atoms in total. The van der Waals surface area contributed by atoms with Gasteiger partial charge in [0.1, 0.15) is 0 Å². The van der Waals surface area contributed by atoms with E-state index in [-0.39, 0.29) is 0 Å². The molecule has 0 radical (unpaired) electrons. The van der Waals surface area contributed by atoms with E-state index in [1.807, 2.05) is 0 Å². The van der Waals surface area contributed by atoms with Crippen molar-refractivity contribution in [3.63, 3.8) is 0 Å². The molecule has 1 aromatic carbocycles. The van der Waals surface area contributed by atoms with Gasteiger partial charge in [0.2, 0.25) is 0 Å². The van der Waals surface area contributed by atoms with Gasteiger partial charge in [-0.15, -0.1) is 0 Å². The van der Waals surface area contributed by atoms with Crippen molar-refractivity contribution in [1.82, 2.24) is 0 Å². The number of allylic oxidation sites excluding steroid dienone is 2. The van der Waals surface area contributed by atoms with Gasteiger partial charge in [0.25, 0.3) is 0 Å². The van der Waals surface area contributed by atoms with Crippen LogP contribution in [0.15, 0.2) is 36.4 Å². The summed E-state index contributed by atoms with van der Waals surface area (Å²) in [5, 5.41) is 8.60. The highest BCUT2D eigenvalue weighted by atomic mass is 14.4. The maximum atomic E-state index is 8.60. The van der Waals surface area contributed by atoms with Crippen LogP contribution in [0.4, 0.5) is 0 Å². The van der Waals surface area contributed by atoms with Gasteiger partial charge in [-0.2, -0.15) is 5.26 Å². The van der Waals surface area contributed by atoms with Crippen LogP contribution in [0.5, 0.6) is 0 Å². The van der Waals surface area contributed by atoms with Crippen LogP contribution < -0.4 is 0 Å². The van der Waals surface area contributed by atoms with Gasteiger partial charge < -0.3 is 0 Å². The number of nitrogens with zero attached hydrogens (tertiary/aromatic N) is 1. The third-order valence-electron chi connectivity index (χ3n) is 8.55. The van der Waals surface area contributed by atoms with E-state index >= 15 is 0 Å². The molecule has 1 heteroatoms. The molecular weight excluding hydrogens is 386 g/mol. The summed E-state index contributed by atoms with van der Waals surface area (Å²) in [5.41, 5.74) is 3.04. The largest absolute Gasteiger partial charge is 0.193 e. The minimum Gasteiger partial charge on any atom is -0.193 e. The summed E-state index contributed by atoms with van der Waals surface area (Å²) in [7, 11) is 0. The fraction of sp³-hybridized carbons (Fsp3) is 0.710. The summed E-state index contributed by atoms with van der Waals surface area (Å²) < 4.78 is 0. The lowest BCUT2D eigenvalue weighted by Gasteiger charge is -2.38. The molecule has 0 amide bonds. The zero-order valence-corrected chi connectivity index (χ0v) is 20.7. The quantitative estimate of drug-likeness (QED) is 0.238. The van der Waals surface area contributed by atoms with Gasteiger partial charge in [0, 0.05) is 6.08 Å². The first kappa shape index (κ1) is 25.1. The summed E-state index contributed by atoms with van der Waals surface area (Å²) in [4.78, 5) is 0. The molecule has 0 heterocycles. The Morgan fingerprint density at radius 2 is 1.28 bits per heavy atom. The molecule has 0 unspecified atom stereocenters. The Balaban J connectivity index is 1.24. The van der Waals surface area contributed by atoms with Gasteiger partial charge >= 0.3 is 0 Å². The normalized spacial score (nSPS) is 26.2. The topological polar surface area (TPSA) is 23.8 Å². The Morgan fingerprint density at radius 3 is 1.81 bits per heavy atom. The highest BCUT2D eigenvalue weighted by molar-refractivity contribution is 5.22. The predicted octanol–water partition coefficient (Wildman–Crippen LogP) is 9.21. The third kappa shape index (κ3) is 8.77. The Kier molecular flexibility index (Phi) is 11.4. The van der Waals surface area contributed by atoms with Gasteiger partial charge in [0.05, 0.1) is 6.07 Å². The molecule has 3 rings (SSSR count). The van der Waals surface area contributed by atoms with E-state index in [9.17, 15) is 0 Å². The van der Waals surface area contributed by atoms with Crippen LogP contribution in [0.3, 0.4) is 0 Å². The second-order valence-corrected chi connectivity index (χ2v) is 10.8. The number of unbranched alkanes of at least 4 members (excludes halogenated alkanes) is 2. The maximum Gasteiger partial charge on any atom is 0.0908 e. The number of hydrogen-bond acceptors (Lipinski definition) is 1. The van der Waals surface area contributed by atoms with Crippen molar-refractivity contribution in [3.8, 4) is 6.07 Å². The van der Waals surface area contributed by atoms with Gasteiger partial charge in [-0.05, 0) is 99.0 Å². The van der Waals surface area contributed by atoms with E-state index in [0.29, 0.717) is 0 Å². The average molecular weight is 434 g/mol. The van der Waals surface area contributed by atoms with Crippen LogP contribution in [0, 0.1) is 35.0 Å². The summed E-state index contributed by atoms with van der Waals surface area (Å²) in [6, 6.07) is 11.6. The van der Waals surface area contributed by atoms with Gasteiger partial charge in [0.15, 0.2) is 0 Å². The lowest BCUT2D eigenvalue weighted by molar-refractivity contribution is 0.140. The van der Waals surface area contributed by atoms with Crippen molar-refractivity contribution >= 4 is 0 Å². The molecule has 2 aliphatic rings. The van der Waals surface area contributed by atoms with E-state index in [4.69, 9.17) is 5.26 Å². The number of nitriles is 1.